The van der Waals surface area contributed by atoms with Crippen LogP contribution in [0.25, 0.3) is 66.1 Å². The normalized spacial score (nSPS) is 13.1. The molecular weight excluding hydrogens is 655 g/mol. The second-order valence-corrected chi connectivity index (χ2v) is 15.6. The molecule has 0 saturated carbocycles. The lowest BCUT2D eigenvalue weighted by molar-refractivity contribution is 0.659. The Morgan fingerprint density at radius 3 is 1.81 bits per heavy atom. The zero-order valence-electron chi connectivity index (χ0n) is 31.1. The van der Waals surface area contributed by atoms with Crippen molar-refractivity contribution in [1.82, 2.24) is 0 Å². The lowest BCUT2D eigenvalue weighted by Crippen LogP contribution is -2.16. The van der Waals surface area contributed by atoms with E-state index in [1.54, 1.807) is 0 Å². The van der Waals surface area contributed by atoms with Crippen LogP contribution in [0.5, 0.6) is 0 Å². The van der Waals surface area contributed by atoms with E-state index in [2.05, 4.69) is 190 Å². The summed E-state index contributed by atoms with van der Waals surface area (Å²) in [5.41, 5.74) is 16.8. The van der Waals surface area contributed by atoms with Crippen LogP contribution < -0.4 is 4.90 Å². The number of rotatable bonds is 6. The van der Waals surface area contributed by atoms with Gasteiger partial charge in [-0.05, 0) is 127 Å². The number of hydrogen-bond acceptors (Lipinski definition) is 2. The minimum absolute atomic E-state index is 0.129. The molecule has 0 fully saturated rings. The Bertz CT molecular complexity index is 2880. The fourth-order valence-corrected chi connectivity index (χ4v) is 8.85. The molecule has 2 heteroatoms. The second-order valence-electron chi connectivity index (χ2n) is 15.6. The highest BCUT2D eigenvalue weighted by molar-refractivity contribution is 6.06. The van der Waals surface area contributed by atoms with Crippen LogP contribution in [-0.4, -0.2) is 0 Å². The highest BCUT2D eigenvalue weighted by atomic mass is 16.3. The van der Waals surface area contributed by atoms with Crippen molar-refractivity contribution < 1.29 is 4.42 Å². The fourth-order valence-electron chi connectivity index (χ4n) is 8.85. The Balaban J connectivity index is 1.15. The van der Waals surface area contributed by atoms with Gasteiger partial charge in [-0.2, -0.15) is 0 Å². The zero-order chi connectivity index (χ0) is 36.6. The molecule has 0 saturated heterocycles. The Kier molecular flexibility index (Phi) is 7.39. The van der Waals surface area contributed by atoms with Crippen LogP contribution in [-0.2, 0) is 5.41 Å². The van der Waals surface area contributed by atoms with Crippen molar-refractivity contribution in [3.63, 3.8) is 0 Å². The number of furan rings is 1. The minimum atomic E-state index is -0.129. The molecule has 2 nitrogen and oxygen atoms in total. The van der Waals surface area contributed by atoms with Crippen molar-refractivity contribution in [3.8, 4) is 33.4 Å². The van der Waals surface area contributed by atoms with Gasteiger partial charge in [-0.25, -0.2) is 0 Å². The lowest BCUT2D eigenvalue weighted by Gasteiger charge is -2.28. The third-order valence-electron chi connectivity index (χ3n) is 11.6. The van der Waals surface area contributed by atoms with Gasteiger partial charge >= 0.3 is 0 Å². The molecule has 1 heterocycles. The summed E-state index contributed by atoms with van der Waals surface area (Å²) >= 11 is 0. The standard InChI is InChI=1S/C52H41NO/c1-33(2)41-18-12-19-47-51(41)43-27-25-40(32-48(43)52(47,3)4)53(39-26-28-50-46(31-39)42-17-10-11-20-49(42)54-50)38-23-21-35(22-24-38)45-30-37-16-9-8-15-36(37)29-44(45)34-13-6-5-7-14-34/h5-33H,1-4H3. The lowest BCUT2D eigenvalue weighted by atomic mass is 9.81. The Labute approximate surface area is 316 Å². The van der Waals surface area contributed by atoms with E-state index in [0.29, 0.717) is 5.92 Å². The van der Waals surface area contributed by atoms with E-state index in [1.165, 1.54) is 60.8 Å². The first kappa shape index (κ1) is 32.3. The topological polar surface area (TPSA) is 16.4 Å². The minimum Gasteiger partial charge on any atom is -0.456 e. The summed E-state index contributed by atoms with van der Waals surface area (Å²) in [7, 11) is 0. The van der Waals surface area contributed by atoms with E-state index >= 15 is 0 Å². The van der Waals surface area contributed by atoms with Crippen LogP contribution in [0.3, 0.4) is 0 Å². The summed E-state index contributed by atoms with van der Waals surface area (Å²) in [6.07, 6.45) is 0. The maximum absolute atomic E-state index is 6.28. The first-order valence-electron chi connectivity index (χ1n) is 19.0. The van der Waals surface area contributed by atoms with Gasteiger partial charge in [0.1, 0.15) is 11.2 Å². The van der Waals surface area contributed by atoms with E-state index in [1.807, 2.05) is 12.1 Å². The molecule has 8 aromatic carbocycles. The molecule has 260 valence electrons. The SMILES string of the molecule is CC(C)c1cccc2c1-c1ccc(N(c3ccc(-c4cc5ccccc5cc4-c4ccccc4)cc3)c3ccc4oc5ccccc5c4c3)cc1C2(C)C. The van der Waals surface area contributed by atoms with E-state index in [4.69, 9.17) is 4.42 Å². The molecule has 9 aromatic rings. The van der Waals surface area contributed by atoms with Crippen molar-refractivity contribution >= 4 is 49.8 Å². The van der Waals surface area contributed by atoms with Crippen LogP contribution in [0.4, 0.5) is 17.1 Å². The molecule has 0 unspecified atom stereocenters. The molecule has 0 amide bonds. The number of fused-ring (bicyclic) bond motifs is 7. The predicted octanol–water partition coefficient (Wildman–Crippen LogP) is 15.0. The van der Waals surface area contributed by atoms with Crippen LogP contribution in [0.15, 0.2) is 174 Å². The molecule has 0 aliphatic heterocycles. The summed E-state index contributed by atoms with van der Waals surface area (Å²) in [6, 6.07) is 62.1. The van der Waals surface area contributed by atoms with Crippen molar-refractivity contribution in [1.29, 1.82) is 0 Å². The molecule has 54 heavy (non-hydrogen) atoms. The van der Waals surface area contributed by atoms with Crippen molar-refractivity contribution in [2.24, 2.45) is 0 Å². The molecule has 1 aliphatic rings. The maximum atomic E-state index is 6.28. The number of nitrogens with zero attached hydrogens (tertiary/aromatic N) is 1. The smallest absolute Gasteiger partial charge is 0.135 e. The molecular formula is C52H41NO. The molecule has 1 aliphatic carbocycles. The summed E-state index contributed by atoms with van der Waals surface area (Å²) in [5.74, 6) is 0.443. The Morgan fingerprint density at radius 1 is 0.463 bits per heavy atom. The molecule has 10 rings (SSSR count). The van der Waals surface area contributed by atoms with Gasteiger partial charge in [-0.1, -0.05) is 137 Å². The summed E-state index contributed by atoms with van der Waals surface area (Å²) in [5, 5.41) is 4.72. The largest absolute Gasteiger partial charge is 0.456 e. The van der Waals surface area contributed by atoms with Crippen LogP contribution in [0.2, 0.25) is 0 Å². The first-order chi connectivity index (χ1) is 26.3. The van der Waals surface area contributed by atoms with Gasteiger partial charge in [0.2, 0.25) is 0 Å². The van der Waals surface area contributed by atoms with Gasteiger partial charge in [-0.15, -0.1) is 0 Å². The second kappa shape index (κ2) is 12.4. The quantitative estimate of drug-likeness (QED) is 0.172. The monoisotopic (exact) mass is 695 g/mol. The Morgan fingerprint density at radius 2 is 1.07 bits per heavy atom. The van der Waals surface area contributed by atoms with Gasteiger partial charge in [0.15, 0.2) is 0 Å². The maximum Gasteiger partial charge on any atom is 0.135 e. The molecule has 0 N–H and O–H groups in total. The molecule has 1 aromatic heterocycles. The van der Waals surface area contributed by atoms with Crippen LogP contribution >= 0.6 is 0 Å². The summed E-state index contributed by atoms with van der Waals surface area (Å²) in [6.45, 7) is 9.36. The average Bonchev–Trinajstić information content (AvgIpc) is 3.69. The number of para-hydroxylation sites is 1. The molecule has 0 spiro atoms. The predicted molar refractivity (Wildman–Crippen MR) is 228 cm³/mol. The van der Waals surface area contributed by atoms with Gasteiger partial charge in [0.25, 0.3) is 0 Å². The molecule has 0 bridgehead atoms. The van der Waals surface area contributed by atoms with Crippen molar-refractivity contribution in [3.05, 3.63) is 187 Å². The first-order valence-corrected chi connectivity index (χ1v) is 19.0. The highest BCUT2D eigenvalue weighted by Gasteiger charge is 2.37. The van der Waals surface area contributed by atoms with Gasteiger partial charge < -0.3 is 9.32 Å². The number of benzene rings is 8. The van der Waals surface area contributed by atoms with Crippen LogP contribution in [0.1, 0.15) is 50.3 Å². The van der Waals surface area contributed by atoms with Crippen molar-refractivity contribution in [2.75, 3.05) is 4.90 Å². The van der Waals surface area contributed by atoms with E-state index < -0.39 is 0 Å². The highest BCUT2D eigenvalue weighted by Crippen LogP contribution is 2.53. The van der Waals surface area contributed by atoms with Gasteiger partial charge in [0.05, 0.1) is 0 Å². The molecule has 0 atom stereocenters. The van der Waals surface area contributed by atoms with Gasteiger partial charge in [-0.3, -0.25) is 0 Å². The van der Waals surface area contributed by atoms with E-state index in [0.717, 1.165) is 39.0 Å². The van der Waals surface area contributed by atoms with E-state index in [9.17, 15) is 0 Å². The zero-order valence-corrected chi connectivity index (χ0v) is 31.1. The van der Waals surface area contributed by atoms with Gasteiger partial charge in [0, 0.05) is 33.2 Å². The average molecular weight is 696 g/mol. The van der Waals surface area contributed by atoms with Crippen molar-refractivity contribution in [2.45, 2.75) is 39.0 Å². The summed E-state index contributed by atoms with van der Waals surface area (Å²) in [4.78, 5) is 2.41. The summed E-state index contributed by atoms with van der Waals surface area (Å²) < 4.78 is 6.28. The third kappa shape index (κ3) is 5.09. The van der Waals surface area contributed by atoms with E-state index in [-0.39, 0.29) is 5.41 Å². The fraction of sp³-hybridized carbons (Fsp3) is 0.115. The third-order valence-corrected chi connectivity index (χ3v) is 11.6. The Hall–Kier alpha value is -6.38. The molecule has 0 radical (unpaired) electrons. The number of anilines is 3. The van der Waals surface area contributed by atoms with Crippen LogP contribution in [0, 0.1) is 0 Å². The number of hydrogen-bond donors (Lipinski definition) is 0.